The van der Waals surface area contributed by atoms with Crippen LogP contribution >= 0.6 is 11.3 Å². The van der Waals surface area contributed by atoms with Crippen molar-refractivity contribution in [3.8, 4) is 17.0 Å². The standard InChI is InChI=1S/C19H17FN2O2S/c1-24-17-8-7-14(9-15(17)20)16-12-25-19(22-16)10-18(23)21-11-13-5-3-2-4-6-13/h2-9,12H,10-11H2,1H3,(H,21,23). The molecular weight excluding hydrogens is 339 g/mol. The number of methoxy groups -OCH3 is 1. The fraction of sp³-hybridized carbons (Fsp3) is 0.158. The lowest BCUT2D eigenvalue weighted by atomic mass is 10.1. The Kier molecular flexibility index (Phi) is 5.40. The molecule has 1 aromatic heterocycles. The van der Waals surface area contributed by atoms with E-state index < -0.39 is 5.82 Å². The van der Waals surface area contributed by atoms with Crippen LogP contribution in [0.15, 0.2) is 53.9 Å². The number of thiazole rings is 1. The summed E-state index contributed by atoms with van der Waals surface area (Å²) >= 11 is 1.38. The number of halogens is 1. The Bertz CT molecular complexity index is 865. The molecular formula is C19H17FN2O2S. The van der Waals surface area contributed by atoms with Gasteiger partial charge in [-0.2, -0.15) is 0 Å². The average molecular weight is 356 g/mol. The Morgan fingerprint density at radius 3 is 2.76 bits per heavy atom. The number of hydrogen-bond donors (Lipinski definition) is 1. The minimum Gasteiger partial charge on any atom is -0.494 e. The molecule has 0 saturated carbocycles. The van der Waals surface area contributed by atoms with E-state index in [2.05, 4.69) is 10.3 Å². The fourth-order valence-electron chi connectivity index (χ4n) is 2.35. The van der Waals surface area contributed by atoms with Crippen molar-refractivity contribution < 1.29 is 13.9 Å². The van der Waals surface area contributed by atoms with Crippen LogP contribution < -0.4 is 10.1 Å². The van der Waals surface area contributed by atoms with Gasteiger partial charge in [-0.05, 0) is 23.8 Å². The van der Waals surface area contributed by atoms with Crippen LogP contribution in [0.4, 0.5) is 4.39 Å². The van der Waals surface area contributed by atoms with Crippen LogP contribution in [0.25, 0.3) is 11.3 Å². The van der Waals surface area contributed by atoms with Crippen LogP contribution in [-0.2, 0) is 17.8 Å². The van der Waals surface area contributed by atoms with Gasteiger partial charge in [0.05, 0.1) is 19.2 Å². The van der Waals surface area contributed by atoms with Gasteiger partial charge in [0, 0.05) is 17.5 Å². The molecule has 0 radical (unpaired) electrons. The van der Waals surface area contributed by atoms with Crippen molar-refractivity contribution >= 4 is 17.2 Å². The van der Waals surface area contributed by atoms with Crippen LogP contribution in [0.2, 0.25) is 0 Å². The second-order valence-electron chi connectivity index (χ2n) is 5.41. The van der Waals surface area contributed by atoms with E-state index in [1.807, 2.05) is 35.7 Å². The van der Waals surface area contributed by atoms with Gasteiger partial charge in [-0.1, -0.05) is 30.3 Å². The van der Waals surface area contributed by atoms with Crippen LogP contribution in [0.3, 0.4) is 0 Å². The molecule has 1 amide bonds. The molecule has 2 aromatic carbocycles. The number of aromatic nitrogens is 1. The first-order valence-electron chi connectivity index (χ1n) is 7.74. The molecule has 0 aliphatic carbocycles. The normalized spacial score (nSPS) is 10.5. The van der Waals surface area contributed by atoms with Crippen LogP contribution in [0.1, 0.15) is 10.6 Å². The third kappa shape index (κ3) is 4.42. The molecule has 0 spiro atoms. The number of nitrogens with one attached hydrogen (secondary N) is 1. The largest absolute Gasteiger partial charge is 0.494 e. The summed E-state index contributed by atoms with van der Waals surface area (Å²) in [5.74, 6) is -0.333. The first kappa shape index (κ1) is 17.1. The van der Waals surface area contributed by atoms with E-state index in [0.717, 1.165) is 5.56 Å². The molecule has 1 heterocycles. The van der Waals surface area contributed by atoms with Gasteiger partial charge >= 0.3 is 0 Å². The highest BCUT2D eigenvalue weighted by molar-refractivity contribution is 7.10. The highest BCUT2D eigenvalue weighted by Gasteiger charge is 2.11. The first-order chi connectivity index (χ1) is 12.2. The third-order valence-corrected chi connectivity index (χ3v) is 4.49. The van der Waals surface area contributed by atoms with Crippen molar-refractivity contribution in [3.63, 3.8) is 0 Å². The Morgan fingerprint density at radius 2 is 2.04 bits per heavy atom. The van der Waals surface area contributed by atoms with Gasteiger partial charge in [-0.15, -0.1) is 11.3 Å². The zero-order valence-corrected chi connectivity index (χ0v) is 14.5. The zero-order valence-electron chi connectivity index (χ0n) is 13.7. The van der Waals surface area contributed by atoms with E-state index in [1.165, 1.54) is 24.5 Å². The minimum atomic E-state index is -0.435. The van der Waals surface area contributed by atoms with E-state index in [0.29, 0.717) is 22.8 Å². The van der Waals surface area contributed by atoms with E-state index in [1.54, 1.807) is 12.1 Å². The SMILES string of the molecule is COc1ccc(-c2csc(CC(=O)NCc3ccccc3)n2)cc1F. The summed E-state index contributed by atoms with van der Waals surface area (Å²) in [7, 11) is 1.42. The Hall–Kier alpha value is -2.73. The second kappa shape index (κ2) is 7.90. The van der Waals surface area contributed by atoms with Crippen LogP contribution in [0, 0.1) is 5.82 Å². The molecule has 0 aliphatic heterocycles. The molecule has 25 heavy (non-hydrogen) atoms. The van der Waals surface area contributed by atoms with Crippen molar-refractivity contribution in [3.05, 3.63) is 70.3 Å². The lowest BCUT2D eigenvalue weighted by molar-refractivity contribution is -0.120. The smallest absolute Gasteiger partial charge is 0.227 e. The first-order valence-corrected chi connectivity index (χ1v) is 8.62. The van der Waals surface area contributed by atoms with Crippen LogP contribution in [0.5, 0.6) is 5.75 Å². The van der Waals surface area contributed by atoms with Gasteiger partial charge in [-0.3, -0.25) is 4.79 Å². The molecule has 0 bridgehead atoms. The maximum atomic E-state index is 13.8. The molecule has 0 saturated heterocycles. The molecule has 0 fully saturated rings. The summed E-state index contributed by atoms with van der Waals surface area (Å²) in [6, 6.07) is 14.4. The van der Waals surface area contributed by atoms with Gasteiger partial charge < -0.3 is 10.1 Å². The monoisotopic (exact) mass is 356 g/mol. The topological polar surface area (TPSA) is 51.2 Å². The van der Waals surface area contributed by atoms with Crippen molar-refractivity contribution in [2.75, 3.05) is 7.11 Å². The van der Waals surface area contributed by atoms with E-state index in [4.69, 9.17) is 4.74 Å². The predicted molar refractivity (Wildman–Crippen MR) is 96.1 cm³/mol. The lowest BCUT2D eigenvalue weighted by Gasteiger charge is -2.04. The number of amides is 1. The number of benzene rings is 2. The predicted octanol–water partition coefficient (Wildman–Crippen LogP) is 3.82. The summed E-state index contributed by atoms with van der Waals surface area (Å²) in [5.41, 5.74) is 2.35. The summed E-state index contributed by atoms with van der Waals surface area (Å²) in [5, 5.41) is 5.38. The van der Waals surface area contributed by atoms with E-state index in [9.17, 15) is 9.18 Å². The number of rotatable bonds is 6. The van der Waals surface area contributed by atoms with Gasteiger partial charge in [-0.25, -0.2) is 9.37 Å². The number of nitrogens with zero attached hydrogens (tertiary/aromatic N) is 1. The van der Waals surface area contributed by atoms with Gasteiger partial charge in [0.25, 0.3) is 0 Å². The maximum Gasteiger partial charge on any atom is 0.227 e. The molecule has 6 heteroatoms. The molecule has 3 rings (SSSR count). The quantitative estimate of drug-likeness (QED) is 0.731. The summed E-state index contributed by atoms with van der Waals surface area (Å²) < 4.78 is 18.7. The summed E-state index contributed by atoms with van der Waals surface area (Å²) in [6.07, 6.45) is 0.205. The number of carbonyl (C=O) groups is 1. The minimum absolute atomic E-state index is 0.0920. The molecule has 3 aromatic rings. The Balaban J connectivity index is 1.61. The summed E-state index contributed by atoms with van der Waals surface area (Å²) in [6.45, 7) is 0.488. The number of ether oxygens (including phenoxy) is 1. The van der Waals surface area contributed by atoms with Gasteiger partial charge in [0.2, 0.25) is 5.91 Å². The van der Waals surface area contributed by atoms with Crippen molar-refractivity contribution in [1.82, 2.24) is 10.3 Å². The molecule has 0 unspecified atom stereocenters. The Labute approximate surface area is 149 Å². The molecule has 128 valence electrons. The number of hydrogen-bond acceptors (Lipinski definition) is 4. The summed E-state index contributed by atoms with van der Waals surface area (Å²) in [4.78, 5) is 16.5. The Morgan fingerprint density at radius 1 is 1.24 bits per heavy atom. The van der Waals surface area contributed by atoms with E-state index >= 15 is 0 Å². The highest BCUT2D eigenvalue weighted by atomic mass is 32.1. The fourth-order valence-corrected chi connectivity index (χ4v) is 3.15. The van der Waals surface area contributed by atoms with Crippen molar-refractivity contribution in [2.24, 2.45) is 0 Å². The highest BCUT2D eigenvalue weighted by Crippen LogP contribution is 2.26. The molecule has 1 N–H and O–H groups in total. The van der Waals surface area contributed by atoms with Gasteiger partial charge in [0.15, 0.2) is 11.6 Å². The number of carbonyl (C=O) groups excluding carboxylic acids is 1. The zero-order chi connectivity index (χ0) is 17.6. The van der Waals surface area contributed by atoms with Crippen molar-refractivity contribution in [2.45, 2.75) is 13.0 Å². The maximum absolute atomic E-state index is 13.8. The van der Waals surface area contributed by atoms with Crippen molar-refractivity contribution in [1.29, 1.82) is 0 Å². The molecule has 0 atom stereocenters. The average Bonchev–Trinajstić information content (AvgIpc) is 3.09. The van der Waals surface area contributed by atoms with Gasteiger partial charge in [0.1, 0.15) is 5.01 Å². The second-order valence-corrected chi connectivity index (χ2v) is 6.36. The van der Waals surface area contributed by atoms with Crippen LogP contribution in [-0.4, -0.2) is 18.0 Å². The molecule has 4 nitrogen and oxygen atoms in total. The van der Waals surface area contributed by atoms with E-state index in [-0.39, 0.29) is 18.1 Å². The third-order valence-electron chi connectivity index (χ3n) is 3.64. The molecule has 0 aliphatic rings. The lowest BCUT2D eigenvalue weighted by Crippen LogP contribution is -2.24.